The molecule has 1 aliphatic heterocycles. The van der Waals surface area contributed by atoms with E-state index in [4.69, 9.17) is 4.74 Å². The third-order valence-corrected chi connectivity index (χ3v) is 4.33. The minimum atomic E-state index is -0.534. The highest BCUT2D eigenvalue weighted by molar-refractivity contribution is 5.78. The minimum Gasteiger partial charge on any atom is -0.497 e. The van der Waals surface area contributed by atoms with Gasteiger partial charge in [-0.1, -0.05) is 42.5 Å². The number of aliphatic hydroxyl groups is 1. The van der Waals surface area contributed by atoms with Crippen LogP contribution in [-0.2, 0) is 11.3 Å². The van der Waals surface area contributed by atoms with E-state index in [0.29, 0.717) is 19.4 Å². The summed E-state index contributed by atoms with van der Waals surface area (Å²) in [5.41, 5.74) is 2.00. The first-order valence-corrected chi connectivity index (χ1v) is 7.84. The van der Waals surface area contributed by atoms with Gasteiger partial charge in [-0.25, -0.2) is 0 Å². The van der Waals surface area contributed by atoms with Gasteiger partial charge in [-0.2, -0.15) is 0 Å². The van der Waals surface area contributed by atoms with Crippen molar-refractivity contribution in [3.8, 4) is 5.75 Å². The van der Waals surface area contributed by atoms with Crippen LogP contribution in [0.2, 0.25) is 0 Å². The lowest BCUT2D eigenvalue weighted by Gasteiger charge is -2.39. The molecule has 0 aliphatic carbocycles. The second kappa shape index (κ2) is 6.84. The maximum atomic E-state index is 12.4. The number of aliphatic hydroxyl groups excluding tert-OH is 1. The van der Waals surface area contributed by atoms with Crippen molar-refractivity contribution in [1.29, 1.82) is 0 Å². The highest BCUT2D eigenvalue weighted by Crippen LogP contribution is 2.33. The van der Waals surface area contributed by atoms with Gasteiger partial charge in [0.25, 0.3) is 0 Å². The Kier molecular flexibility index (Phi) is 4.63. The van der Waals surface area contributed by atoms with E-state index in [-0.39, 0.29) is 11.9 Å². The molecule has 0 spiro atoms. The Morgan fingerprint density at radius 3 is 2.48 bits per heavy atom. The molecule has 0 bridgehead atoms. The Balaban J connectivity index is 1.87. The first-order chi connectivity index (χ1) is 11.2. The first kappa shape index (κ1) is 15.6. The lowest BCUT2D eigenvalue weighted by molar-refractivity contribution is -0.143. The molecule has 2 atom stereocenters. The van der Waals surface area contributed by atoms with Gasteiger partial charge in [-0.3, -0.25) is 4.79 Å². The standard InChI is InChI=1S/C19H21NO3/c1-23-16-9-7-14(8-10-16)13-20-18(22)12-11-17(21)19(20)15-5-3-2-4-6-15/h2-10,17,19,21H,11-13H2,1H3/t17-,19-/m0/s1. The molecule has 1 amide bonds. The summed E-state index contributed by atoms with van der Waals surface area (Å²) in [7, 11) is 1.63. The van der Waals surface area contributed by atoms with Crippen LogP contribution in [0, 0.1) is 0 Å². The average molecular weight is 311 g/mol. The normalized spacial score (nSPS) is 21.3. The second-order valence-corrected chi connectivity index (χ2v) is 5.83. The molecular formula is C19H21NO3. The Labute approximate surface area is 136 Å². The lowest BCUT2D eigenvalue weighted by atomic mass is 9.91. The quantitative estimate of drug-likeness (QED) is 0.944. The van der Waals surface area contributed by atoms with Gasteiger partial charge in [-0.15, -0.1) is 0 Å². The summed E-state index contributed by atoms with van der Waals surface area (Å²) < 4.78 is 5.17. The van der Waals surface area contributed by atoms with Crippen molar-refractivity contribution in [2.24, 2.45) is 0 Å². The number of ether oxygens (including phenoxy) is 1. The minimum absolute atomic E-state index is 0.0833. The van der Waals surface area contributed by atoms with E-state index in [1.165, 1.54) is 0 Å². The fraction of sp³-hybridized carbons (Fsp3) is 0.316. The van der Waals surface area contributed by atoms with Crippen molar-refractivity contribution >= 4 is 5.91 Å². The van der Waals surface area contributed by atoms with Crippen LogP contribution in [0.1, 0.15) is 30.0 Å². The van der Waals surface area contributed by atoms with E-state index in [0.717, 1.165) is 16.9 Å². The summed E-state index contributed by atoms with van der Waals surface area (Å²) >= 11 is 0. The summed E-state index contributed by atoms with van der Waals surface area (Å²) in [6.45, 7) is 0.486. The molecule has 0 unspecified atom stereocenters. The molecule has 4 nitrogen and oxygen atoms in total. The van der Waals surface area contributed by atoms with Gasteiger partial charge in [0.05, 0.1) is 19.3 Å². The Bertz CT molecular complexity index is 654. The van der Waals surface area contributed by atoms with Crippen molar-refractivity contribution in [3.63, 3.8) is 0 Å². The van der Waals surface area contributed by atoms with Gasteiger partial charge in [0.1, 0.15) is 5.75 Å². The predicted octanol–water partition coefficient (Wildman–Crippen LogP) is 2.92. The first-order valence-electron chi connectivity index (χ1n) is 7.84. The van der Waals surface area contributed by atoms with Crippen LogP contribution in [0.4, 0.5) is 0 Å². The molecule has 2 aromatic carbocycles. The average Bonchev–Trinajstić information content (AvgIpc) is 2.60. The van der Waals surface area contributed by atoms with Gasteiger partial charge in [-0.05, 0) is 29.7 Å². The molecule has 3 rings (SSSR count). The number of amides is 1. The summed E-state index contributed by atoms with van der Waals surface area (Å²) in [6.07, 6.45) is 0.367. The van der Waals surface area contributed by atoms with E-state index >= 15 is 0 Å². The second-order valence-electron chi connectivity index (χ2n) is 5.83. The Morgan fingerprint density at radius 1 is 1.13 bits per heavy atom. The lowest BCUT2D eigenvalue weighted by Crippen LogP contribution is -2.44. The molecule has 1 saturated heterocycles. The molecule has 23 heavy (non-hydrogen) atoms. The van der Waals surface area contributed by atoms with Crippen LogP contribution in [0.25, 0.3) is 0 Å². The molecule has 120 valence electrons. The molecule has 1 N–H and O–H groups in total. The van der Waals surface area contributed by atoms with E-state index < -0.39 is 6.10 Å². The highest BCUT2D eigenvalue weighted by Gasteiger charge is 2.35. The third kappa shape index (κ3) is 3.37. The van der Waals surface area contributed by atoms with Gasteiger partial charge in [0.2, 0.25) is 5.91 Å². The summed E-state index contributed by atoms with van der Waals surface area (Å²) in [4.78, 5) is 14.2. The third-order valence-electron chi connectivity index (χ3n) is 4.33. The topological polar surface area (TPSA) is 49.8 Å². The van der Waals surface area contributed by atoms with Crippen LogP contribution < -0.4 is 4.74 Å². The van der Waals surface area contributed by atoms with E-state index in [9.17, 15) is 9.90 Å². The number of benzene rings is 2. The van der Waals surface area contributed by atoms with Gasteiger partial charge in [0, 0.05) is 13.0 Å². The number of carbonyl (C=O) groups excluding carboxylic acids is 1. The van der Waals surface area contributed by atoms with Crippen LogP contribution in [-0.4, -0.2) is 29.1 Å². The van der Waals surface area contributed by atoms with E-state index in [2.05, 4.69) is 0 Å². The predicted molar refractivity (Wildman–Crippen MR) is 88.0 cm³/mol. The summed E-state index contributed by atoms with van der Waals surface area (Å²) in [5, 5.41) is 10.5. The van der Waals surface area contributed by atoms with E-state index in [1.807, 2.05) is 54.6 Å². The Hall–Kier alpha value is -2.33. The van der Waals surface area contributed by atoms with Crippen molar-refractivity contribution in [3.05, 3.63) is 65.7 Å². The largest absolute Gasteiger partial charge is 0.497 e. The Morgan fingerprint density at radius 2 is 1.83 bits per heavy atom. The molecule has 1 heterocycles. The fourth-order valence-corrected chi connectivity index (χ4v) is 3.10. The summed E-state index contributed by atoms with van der Waals surface area (Å²) in [5.74, 6) is 0.873. The van der Waals surface area contributed by atoms with Gasteiger partial charge >= 0.3 is 0 Å². The number of nitrogens with zero attached hydrogens (tertiary/aromatic N) is 1. The molecule has 1 fully saturated rings. The number of likely N-dealkylation sites (tertiary alicyclic amines) is 1. The molecule has 0 radical (unpaired) electrons. The monoisotopic (exact) mass is 311 g/mol. The van der Waals surface area contributed by atoms with Crippen molar-refractivity contribution < 1.29 is 14.6 Å². The highest BCUT2D eigenvalue weighted by atomic mass is 16.5. The van der Waals surface area contributed by atoms with Crippen LogP contribution in [0.5, 0.6) is 5.75 Å². The molecule has 4 heteroatoms. The smallest absolute Gasteiger partial charge is 0.223 e. The summed E-state index contributed by atoms with van der Waals surface area (Å²) in [6, 6.07) is 17.1. The van der Waals surface area contributed by atoms with Gasteiger partial charge < -0.3 is 14.7 Å². The molecule has 0 saturated carbocycles. The van der Waals surface area contributed by atoms with Crippen molar-refractivity contribution in [2.45, 2.75) is 31.5 Å². The van der Waals surface area contributed by atoms with Crippen LogP contribution in [0.3, 0.4) is 0 Å². The fourth-order valence-electron chi connectivity index (χ4n) is 3.10. The number of carbonyl (C=O) groups is 1. The zero-order valence-electron chi connectivity index (χ0n) is 13.2. The molecule has 0 aromatic heterocycles. The van der Waals surface area contributed by atoms with E-state index in [1.54, 1.807) is 12.0 Å². The zero-order chi connectivity index (χ0) is 16.2. The molecule has 1 aliphatic rings. The number of hydrogen-bond acceptors (Lipinski definition) is 3. The number of hydrogen-bond donors (Lipinski definition) is 1. The molecular weight excluding hydrogens is 290 g/mol. The van der Waals surface area contributed by atoms with Crippen LogP contribution >= 0.6 is 0 Å². The maximum absolute atomic E-state index is 12.4. The van der Waals surface area contributed by atoms with Crippen molar-refractivity contribution in [2.75, 3.05) is 7.11 Å². The van der Waals surface area contributed by atoms with Crippen LogP contribution in [0.15, 0.2) is 54.6 Å². The number of methoxy groups -OCH3 is 1. The number of piperidine rings is 1. The zero-order valence-corrected chi connectivity index (χ0v) is 13.2. The molecule has 2 aromatic rings. The SMILES string of the molecule is COc1ccc(CN2C(=O)CC[C@H](O)[C@@H]2c2ccccc2)cc1. The maximum Gasteiger partial charge on any atom is 0.223 e. The van der Waals surface area contributed by atoms with Crippen molar-refractivity contribution in [1.82, 2.24) is 4.90 Å². The van der Waals surface area contributed by atoms with Gasteiger partial charge in [0.15, 0.2) is 0 Å². The number of rotatable bonds is 4.